The average molecular weight is 177 g/mol. The van der Waals surface area contributed by atoms with E-state index in [1.165, 1.54) is 0 Å². The molecule has 1 aliphatic rings. The zero-order valence-electron chi connectivity index (χ0n) is 7.31. The van der Waals surface area contributed by atoms with Crippen LogP contribution >= 0.6 is 0 Å². The molecule has 0 fully saturated rings. The number of nitrogens with one attached hydrogen (secondary N) is 1. The number of hydrazone groups is 1. The molecule has 0 atom stereocenters. The molecular weight excluding hydrogens is 166 g/mol. The van der Waals surface area contributed by atoms with Crippen molar-refractivity contribution < 1.29 is 0 Å². The second-order valence-electron chi connectivity index (χ2n) is 2.74. The van der Waals surface area contributed by atoms with Crippen LogP contribution in [0.25, 0.3) is 0 Å². The van der Waals surface area contributed by atoms with Gasteiger partial charge in [-0.3, -0.25) is 0 Å². The summed E-state index contributed by atoms with van der Waals surface area (Å²) in [5.74, 6) is 0.448. The van der Waals surface area contributed by atoms with Gasteiger partial charge in [-0.2, -0.15) is 10.7 Å². The van der Waals surface area contributed by atoms with E-state index in [1.54, 1.807) is 10.1 Å². The summed E-state index contributed by atoms with van der Waals surface area (Å²) < 4.78 is 0. The van der Waals surface area contributed by atoms with Crippen molar-refractivity contribution in [3.05, 3.63) is 30.3 Å². The zero-order valence-corrected chi connectivity index (χ0v) is 7.31. The van der Waals surface area contributed by atoms with Crippen molar-refractivity contribution in [1.82, 2.24) is 10.5 Å². The van der Waals surface area contributed by atoms with E-state index in [9.17, 15) is 0 Å². The summed E-state index contributed by atoms with van der Waals surface area (Å²) in [6.45, 7) is 0. The number of nitrogens with two attached hydrogens (primary N) is 1. The number of nitrogens with zero attached hydrogens (tertiary/aromatic N) is 3. The van der Waals surface area contributed by atoms with Gasteiger partial charge < -0.3 is 5.73 Å². The molecule has 0 amide bonds. The van der Waals surface area contributed by atoms with E-state index in [0.717, 1.165) is 5.69 Å². The average Bonchev–Trinajstić information content (AvgIpc) is 2.49. The molecule has 5 heteroatoms. The topological polar surface area (TPSA) is 56.9 Å². The first-order chi connectivity index (χ1) is 6.29. The maximum Gasteiger partial charge on any atom is 0.235 e. The van der Waals surface area contributed by atoms with Gasteiger partial charge in [0, 0.05) is 7.05 Å². The first-order valence-electron chi connectivity index (χ1n) is 3.96. The van der Waals surface area contributed by atoms with Crippen LogP contribution in [-0.4, -0.2) is 18.0 Å². The lowest BCUT2D eigenvalue weighted by Gasteiger charge is -2.25. The molecule has 3 N–H and O–H groups in total. The van der Waals surface area contributed by atoms with E-state index in [2.05, 4.69) is 10.6 Å². The molecule has 1 heterocycles. The summed E-state index contributed by atoms with van der Waals surface area (Å²) in [4.78, 5) is 0. The van der Waals surface area contributed by atoms with Gasteiger partial charge in [0.2, 0.25) is 5.96 Å². The Balaban J connectivity index is 2.22. The van der Waals surface area contributed by atoms with Crippen LogP contribution in [0.5, 0.6) is 0 Å². The van der Waals surface area contributed by atoms with Gasteiger partial charge in [0.15, 0.2) is 0 Å². The predicted molar refractivity (Wildman–Crippen MR) is 51.4 cm³/mol. The summed E-state index contributed by atoms with van der Waals surface area (Å²) in [7, 11) is 1.84. The van der Waals surface area contributed by atoms with Gasteiger partial charge in [0.25, 0.3) is 0 Å². The lowest BCUT2D eigenvalue weighted by atomic mass is 10.3. The molecule has 1 aromatic carbocycles. The van der Waals surface area contributed by atoms with E-state index in [1.807, 2.05) is 37.4 Å². The Bertz CT molecular complexity index is 321. The highest BCUT2D eigenvalue weighted by atomic mass is 15.9. The molecule has 0 bridgehead atoms. The van der Waals surface area contributed by atoms with Gasteiger partial charge in [-0.25, -0.2) is 5.01 Å². The highest BCUT2D eigenvalue weighted by Crippen LogP contribution is 2.14. The molecule has 0 unspecified atom stereocenters. The highest BCUT2D eigenvalue weighted by molar-refractivity contribution is 5.81. The molecule has 1 aliphatic heterocycles. The Morgan fingerprint density at radius 3 is 2.54 bits per heavy atom. The number of para-hydroxylation sites is 1. The van der Waals surface area contributed by atoms with Crippen molar-refractivity contribution in [2.24, 2.45) is 10.8 Å². The van der Waals surface area contributed by atoms with Crippen LogP contribution in [-0.2, 0) is 0 Å². The zero-order chi connectivity index (χ0) is 9.26. The second kappa shape index (κ2) is 2.85. The van der Waals surface area contributed by atoms with Crippen LogP contribution < -0.4 is 16.4 Å². The number of benzene rings is 1. The summed E-state index contributed by atoms with van der Waals surface area (Å²) in [5.41, 5.74) is 9.37. The molecule has 0 spiro atoms. The normalized spacial score (nSPS) is 15.6. The molecule has 0 radical (unpaired) electrons. The summed E-state index contributed by atoms with van der Waals surface area (Å²) >= 11 is 0. The summed E-state index contributed by atoms with van der Waals surface area (Å²) in [6, 6.07) is 9.82. The largest absolute Gasteiger partial charge is 0.367 e. The first kappa shape index (κ1) is 7.72. The third-order valence-corrected chi connectivity index (χ3v) is 1.89. The van der Waals surface area contributed by atoms with E-state index >= 15 is 0 Å². The van der Waals surface area contributed by atoms with Crippen LogP contribution in [0.3, 0.4) is 0 Å². The van der Waals surface area contributed by atoms with Gasteiger partial charge in [-0.05, 0) is 12.1 Å². The van der Waals surface area contributed by atoms with Gasteiger partial charge in [-0.1, -0.05) is 18.2 Å². The fourth-order valence-corrected chi connectivity index (χ4v) is 1.14. The van der Waals surface area contributed by atoms with E-state index in [-0.39, 0.29) is 0 Å². The van der Waals surface area contributed by atoms with Crippen LogP contribution in [0, 0.1) is 0 Å². The number of hydrazine groups is 2. The maximum atomic E-state index is 5.58. The smallest absolute Gasteiger partial charge is 0.235 e. The second-order valence-corrected chi connectivity index (χ2v) is 2.74. The maximum absolute atomic E-state index is 5.58. The van der Waals surface area contributed by atoms with Gasteiger partial charge >= 0.3 is 0 Å². The molecular formula is C8H11N5. The monoisotopic (exact) mass is 177 g/mol. The van der Waals surface area contributed by atoms with Crippen molar-refractivity contribution in [2.45, 2.75) is 0 Å². The lowest BCUT2D eigenvalue weighted by Crippen LogP contribution is -2.45. The quantitative estimate of drug-likeness (QED) is 0.638. The Morgan fingerprint density at radius 1 is 1.31 bits per heavy atom. The fourth-order valence-electron chi connectivity index (χ4n) is 1.14. The molecule has 5 nitrogen and oxygen atoms in total. The minimum atomic E-state index is 0.448. The Morgan fingerprint density at radius 2 is 2.00 bits per heavy atom. The molecule has 13 heavy (non-hydrogen) atoms. The number of guanidine groups is 1. The Kier molecular flexibility index (Phi) is 1.70. The van der Waals surface area contributed by atoms with Crippen molar-refractivity contribution in [1.29, 1.82) is 0 Å². The number of hydrogen-bond donors (Lipinski definition) is 2. The molecule has 0 saturated heterocycles. The van der Waals surface area contributed by atoms with E-state index in [0.29, 0.717) is 5.96 Å². The van der Waals surface area contributed by atoms with E-state index in [4.69, 9.17) is 5.73 Å². The van der Waals surface area contributed by atoms with Gasteiger partial charge in [0.1, 0.15) is 0 Å². The van der Waals surface area contributed by atoms with Gasteiger partial charge in [-0.15, -0.1) is 5.10 Å². The molecule has 0 aromatic heterocycles. The predicted octanol–water partition coefficient (Wildman–Crippen LogP) is 0.0877. The van der Waals surface area contributed by atoms with Crippen LogP contribution in [0.4, 0.5) is 5.69 Å². The Labute approximate surface area is 76.4 Å². The highest BCUT2D eigenvalue weighted by Gasteiger charge is 2.18. The van der Waals surface area contributed by atoms with Crippen molar-refractivity contribution in [3.63, 3.8) is 0 Å². The standard InChI is InChI=1S/C8H11N5/c1-12-8(9)10-11-13(12)7-5-3-2-4-6-7/h2-6,11H,1H3,(H2,9,10). The van der Waals surface area contributed by atoms with Crippen LogP contribution in [0.15, 0.2) is 35.4 Å². The number of rotatable bonds is 1. The van der Waals surface area contributed by atoms with Gasteiger partial charge in [0.05, 0.1) is 5.69 Å². The third-order valence-electron chi connectivity index (χ3n) is 1.89. The third kappa shape index (κ3) is 1.24. The summed E-state index contributed by atoms with van der Waals surface area (Å²) in [5, 5.41) is 7.36. The minimum Gasteiger partial charge on any atom is -0.367 e. The lowest BCUT2D eigenvalue weighted by molar-refractivity contribution is 0.441. The van der Waals surface area contributed by atoms with Crippen molar-refractivity contribution in [2.75, 3.05) is 12.2 Å². The van der Waals surface area contributed by atoms with Crippen molar-refractivity contribution >= 4 is 11.6 Å². The summed E-state index contributed by atoms with van der Waals surface area (Å²) in [6.07, 6.45) is 0. The van der Waals surface area contributed by atoms with Crippen LogP contribution in [0.1, 0.15) is 0 Å². The molecule has 0 aliphatic carbocycles. The molecule has 2 rings (SSSR count). The molecule has 1 aromatic rings. The number of anilines is 1. The Hall–Kier alpha value is -1.91. The van der Waals surface area contributed by atoms with Crippen molar-refractivity contribution in [3.8, 4) is 0 Å². The minimum absolute atomic E-state index is 0.448. The first-order valence-corrected chi connectivity index (χ1v) is 3.96. The number of hydrogen-bond acceptors (Lipinski definition) is 5. The molecule has 0 saturated carbocycles. The van der Waals surface area contributed by atoms with E-state index < -0.39 is 0 Å². The molecule has 68 valence electrons. The van der Waals surface area contributed by atoms with Crippen LogP contribution in [0.2, 0.25) is 0 Å². The fraction of sp³-hybridized carbons (Fsp3) is 0.125. The SMILES string of the molecule is CN1C(N)=NNN1c1ccccc1.